The summed E-state index contributed by atoms with van der Waals surface area (Å²) in [6.07, 6.45) is 0.716. The highest BCUT2D eigenvalue weighted by atomic mass is 35.5. The summed E-state index contributed by atoms with van der Waals surface area (Å²) >= 11 is 6.41. The number of halogens is 1. The number of ether oxygens (including phenoxy) is 1. The van der Waals surface area contributed by atoms with Gasteiger partial charge in [-0.25, -0.2) is 8.42 Å². The molecule has 0 aliphatic carbocycles. The van der Waals surface area contributed by atoms with Gasteiger partial charge in [0.1, 0.15) is 18.3 Å². The molecule has 3 aromatic carbocycles. The fourth-order valence-electron chi connectivity index (χ4n) is 4.03. The molecule has 2 amide bonds. The molecule has 0 saturated carbocycles. The molecular weight excluding hydrogens is 550 g/mol. The van der Waals surface area contributed by atoms with Gasteiger partial charge in [0.2, 0.25) is 11.8 Å². The summed E-state index contributed by atoms with van der Waals surface area (Å²) in [6.45, 7) is 6.99. The minimum Gasteiger partial charge on any atom is -0.492 e. The number of carbonyl (C=O) groups is 2. The van der Waals surface area contributed by atoms with Crippen LogP contribution in [0.15, 0.2) is 83.8 Å². The minimum atomic E-state index is -4.19. The van der Waals surface area contributed by atoms with Crippen molar-refractivity contribution in [2.75, 3.05) is 17.5 Å². The van der Waals surface area contributed by atoms with E-state index >= 15 is 0 Å². The summed E-state index contributed by atoms with van der Waals surface area (Å²) in [5.41, 5.74) is 0.851. The molecule has 0 aliphatic heterocycles. The van der Waals surface area contributed by atoms with Gasteiger partial charge in [-0.1, -0.05) is 67.1 Å². The molecule has 0 spiro atoms. The van der Waals surface area contributed by atoms with Crippen LogP contribution < -0.4 is 14.4 Å². The van der Waals surface area contributed by atoms with Crippen molar-refractivity contribution in [3.63, 3.8) is 0 Å². The third-order valence-corrected chi connectivity index (χ3v) is 8.65. The smallest absolute Gasteiger partial charge is 0.264 e. The molecule has 0 heterocycles. The Kier molecular flexibility index (Phi) is 11.0. The average Bonchev–Trinajstić information content (AvgIpc) is 2.96. The molecule has 1 N–H and O–H groups in total. The molecule has 2 atom stereocenters. The Morgan fingerprint density at radius 2 is 1.55 bits per heavy atom. The van der Waals surface area contributed by atoms with Crippen molar-refractivity contribution in [2.45, 2.75) is 57.6 Å². The highest BCUT2D eigenvalue weighted by Crippen LogP contribution is 2.33. The van der Waals surface area contributed by atoms with Crippen LogP contribution in [-0.2, 0) is 26.2 Å². The summed E-state index contributed by atoms with van der Waals surface area (Å²) in [4.78, 5) is 28.6. The van der Waals surface area contributed by atoms with Crippen molar-refractivity contribution >= 4 is 39.1 Å². The number of benzene rings is 3. The monoisotopic (exact) mass is 585 g/mol. The molecule has 8 nitrogen and oxygen atoms in total. The molecular formula is C30H36ClN3O5S. The van der Waals surface area contributed by atoms with E-state index in [0.29, 0.717) is 29.4 Å². The number of hydrogen-bond donors (Lipinski definition) is 1. The quantitative estimate of drug-likeness (QED) is 0.295. The zero-order chi connectivity index (χ0) is 29.3. The largest absolute Gasteiger partial charge is 0.492 e. The highest BCUT2D eigenvalue weighted by molar-refractivity contribution is 7.92. The van der Waals surface area contributed by atoms with E-state index in [1.54, 1.807) is 80.6 Å². The number of anilines is 1. The minimum absolute atomic E-state index is 0.0138. The lowest BCUT2D eigenvalue weighted by Gasteiger charge is -2.33. The summed E-state index contributed by atoms with van der Waals surface area (Å²) in [5.74, 6) is -0.600. The number of nitrogens with one attached hydrogen (secondary N) is 1. The number of sulfonamides is 1. The molecule has 40 heavy (non-hydrogen) atoms. The first-order chi connectivity index (χ1) is 19.1. The molecule has 2 unspecified atom stereocenters. The summed E-state index contributed by atoms with van der Waals surface area (Å²) in [6, 6.07) is 20.6. The number of nitrogens with zero attached hydrogens (tertiary/aromatic N) is 2. The maximum Gasteiger partial charge on any atom is 0.264 e. The Hall–Kier alpha value is -3.56. The number of amides is 2. The van der Waals surface area contributed by atoms with Gasteiger partial charge in [0.25, 0.3) is 10.0 Å². The standard InChI is InChI=1S/C30H36ClN3O5S/c1-5-22(3)32-30(36)23(4)33(20-24-14-10-11-17-26(24)31)29(35)21-34(27-18-12-13-19-28(27)39-6-2)40(37,38)25-15-8-7-9-16-25/h7-19,22-23H,5-6,20-21H2,1-4H3,(H,32,36). The van der Waals surface area contributed by atoms with Crippen LogP contribution in [0.2, 0.25) is 5.02 Å². The molecule has 214 valence electrons. The van der Waals surface area contributed by atoms with Gasteiger partial charge in [-0.3, -0.25) is 13.9 Å². The first kappa shape index (κ1) is 31.0. The van der Waals surface area contributed by atoms with Crippen molar-refractivity contribution in [3.05, 3.63) is 89.4 Å². The van der Waals surface area contributed by atoms with Gasteiger partial charge in [-0.2, -0.15) is 0 Å². The van der Waals surface area contributed by atoms with Crippen LogP contribution in [0, 0.1) is 0 Å². The van der Waals surface area contributed by atoms with Gasteiger partial charge >= 0.3 is 0 Å². The van der Waals surface area contributed by atoms with Crippen LogP contribution in [0.25, 0.3) is 0 Å². The van der Waals surface area contributed by atoms with Gasteiger partial charge < -0.3 is 15.0 Å². The van der Waals surface area contributed by atoms with Gasteiger partial charge in [0, 0.05) is 17.6 Å². The van der Waals surface area contributed by atoms with Crippen molar-refractivity contribution in [1.82, 2.24) is 10.2 Å². The first-order valence-corrected chi connectivity index (χ1v) is 15.0. The zero-order valence-electron chi connectivity index (χ0n) is 23.2. The van der Waals surface area contributed by atoms with Crippen LogP contribution in [0.5, 0.6) is 5.75 Å². The third kappa shape index (κ3) is 7.55. The topological polar surface area (TPSA) is 96.0 Å². The zero-order valence-corrected chi connectivity index (χ0v) is 24.8. The second kappa shape index (κ2) is 14.2. The van der Waals surface area contributed by atoms with E-state index in [1.165, 1.54) is 17.0 Å². The molecule has 0 radical (unpaired) electrons. The highest BCUT2D eigenvalue weighted by Gasteiger charge is 2.34. The van der Waals surface area contributed by atoms with Gasteiger partial charge in [-0.15, -0.1) is 0 Å². The maximum atomic E-state index is 14.0. The van der Waals surface area contributed by atoms with E-state index in [1.807, 2.05) is 13.8 Å². The van der Waals surface area contributed by atoms with E-state index in [9.17, 15) is 18.0 Å². The van der Waals surface area contributed by atoms with E-state index in [-0.39, 0.29) is 29.1 Å². The Labute approximate surface area is 241 Å². The second-order valence-corrected chi connectivity index (χ2v) is 11.6. The van der Waals surface area contributed by atoms with E-state index in [0.717, 1.165) is 4.31 Å². The normalized spacial score (nSPS) is 12.7. The second-order valence-electron chi connectivity index (χ2n) is 9.33. The van der Waals surface area contributed by atoms with Gasteiger partial charge in [-0.05, 0) is 63.1 Å². The van der Waals surface area contributed by atoms with Crippen molar-refractivity contribution in [2.24, 2.45) is 0 Å². The molecule has 3 rings (SSSR count). The molecule has 0 fully saturated rings. The Bertz CT molecular complexity index is 1400. The fourth-order valence-corrected chi connectivity index (χ4v) is 5.67. The number of rotatable bonds is 13. The van der Waals surface area contributed by atoms with Crippen LogP contribution >= 0.6 is 11.6 Å². The van der Waals surface area contributed by atoms with Crippen LogP contribution in [0.1, 0.15) is 39.7 Å². The lowest BCUT2D eigenvalue weighted by Crippen LogP contribution is -2.52. The summed E-state index contributed by atoms with van der Waals surface area (Å²) in [7, 11) is -4.19. The predicted molar refractivity (Wildman–Crippen MR) is 158 cm³/mol. The number of hydrogen-bond acceptors (Lipinski definition) is 5. The first-order valence-electron chi connectivity index (χ1n) is 13.2. The van der Waals surface area contributed by atoms with Gasteiger partial charge in [0.05, 0.1) is 17.2 Å². The SMILES string of the molecule is CCOc1ccccc1N(CC(=O)N(Cc1ccccc1Cl)C(C)C(=O)NC(C)CC)S(=O)(=O)c1ccccc1. The summed E-state index contributed by atoms with van der Waals surface area (Å²) < 4.78 is 34.7. The van der Waals surface area contributed by atoms with Crippen LogP contribution in [0.4, 0.5) is 5.69 Å². The van der Waals surface area contributed by atoms with Crippen molar-refractivity contribution in [3.8, 4) is 5.75 Å². The predicted octanol–water partition coefficient (Wildman–Crippen LogP) is 5.27. The van der Waals surface area contributed by atoms with Crippen LogP contribution in [-0.4, -0.2) is 50.4 Å². The Morgan fingerprint density at radius 1 is 0.925 bits per heavy atom. The molecule has 0 aliphatic rings. The van der Waals surface area contributed by atoms with Crippen molar-refractivity contribution in [1.29, 1.82) is 0 Å². The number of carbonyl (C=O) groups excluding carboxylic acids is 2. The van der Waals surface area contributed by atoms with Gasteiger partial charge in [0.15, 0.2) is 0 Å². The lowest BCUT2D eigenvalue weighted by atomic mass is 10.1. The maximum absolute atomic E-state index is 14.0. The number of para-hydroxylation sites is 2. The molecule has 0 saturated heterocycles. The third-order valence-electron chi connectivity index (χ3n) is 6.51. The molecule has 0 aromatic heterocycles. The molecule has 0 bridgehead atoms. The van der Waals surface area contributed by atoms with E-state index < -0.39 is 28.5 Å². The average molecular weight is 586 g/mol. The molecule has 3 aromatic rings. The molecule has 10 heteroatoms. The van der Waals surface area contributed by atoms with Crippen LogP contribution in [0.3, 0.4) is 0 Å². The Morgan fingerprint density at radius 3 is 2.20 bits per heavy atom. The lowest BCUT2D eigenvalue weighted by molar-refractivity contribution is -0.139. The van der Waals surface area contributed by atoms with Crippen molar-refractivity contribution < 1.29 is 22.7 Å². The van der Waals surface area contributed by atoms with E-state index in [2.05, 4.69) is 5.32 Å². The van der Waals surface area contributed by atoms with E-state index in [4.69, 9.17) is 16.3 Å². The summed E-state index contributed by atoms with van der Waals surface area (Å²) in [5, 5.41) is 3.35. The fraction of sp³-hybridized carbons (Fsp3) is 0.333. The Balaban J connectivity index is 2.07.